The Balaban J connectivity index is 0.0000000990. The van der Waals surface area contributed by atoms with Gasteiger partial charge in [-0.1, -0.05) is 243 Å². The number of aromatic nitrogens is 6. The molecule has 26 aromatic rings. The van der Waals surface area contributed by atoms with Crippen molar-refractivity contribution in [1.82, 2.24) is 26.4 Å². The summed E-state index contributed by atoms with van der Waals surface area (Å²) in [6.07, 6.45) is 0. The van der Waals surface area contributed by atoms with Crippen molar-refractivity contribution < 1.29 is 4.74 Å². The smallest absolute Gasteiger partial charge is 0.151 e. The van der Waals surface area contributed by atoms with Crippen LogP contribution < -0.4 is 19.4 Å². The lowest BCUT2D eigenvalue weighted by Gasteiger charge is -2.32. The minimum Gasteiger partial charge on any atom is -0.453 e. The molecular weight excluding hydrogens is 1440 g/mol. The average Bonchev–Trinajstić information content (AvgIpc) is 1.52. The van der Waals surface area contributed by atoms with Gasteiger partial charge in [0.2, 0.25) is 0 Å². The largest absolute Gasteiger partial charge is 0.453 e. The summed E-state index contributed by atoms with van der Waals surface area (Å²) in [5, 5.41) is 11.6. The van der Waals surface area contributed by atoms with E-state index >= 15 is 0 Å². The summed E-state index contributed by atoms with van der Waals surface area (Å²) < 4.78 is 20.8. The summed E-state index contributed by atoms with van der Waals surface area (Å²) >= 11 is 0. The van der Waals surface area contributed by atoms with Crippen molar-refractivity contribution in [2.45, 2.75) is 0 Å². The predicted molar refractivity (Wildman–Crippen MR) is 491 cm³/mol. The van der Waals surface area contributed by atoms with Gasteiger partial charge in [0.1, 0.15) is 16.9 Å². The van der Waals surface area contributed by atoms with Gasteiger partial charge in [0.05, 0.1) is 88.9 Å². The maximum absolute atomic E-state index is 6.21. The summed E-state index contributed by atoms with van der Waals surface area (Å²) in [7, 11) is 0. The average molecular weight is 1510 g/mol. The van der Waals surface area contributed by atoms with E-state index in [1.54, 1.807) is 0 Å². The first-order chi connectivity index (χ1) is 58.6. The van der Waals surface area contributed by atoms with Gasteiger partial charge in [0, 0.05) is 76.9 Å². The second-order valence-electron chi connectivity index (χ2n) is 30.7. The standard InChI is InChI=1S/C38H23N3O.C38H25N3.C32H21N3/c1-2-10-29-27(9-1)37-28-23-25(19-22-30(28)41-32-12-4-3-11-31(32)40(29)38(37)41)24-17-20-26(21-18-24)39-33-13-5-7-15-35(33)42-36-16-8-6-14-34(36)39;1-3-12-26(13-4-1)27-22-24-29(25-23-27)39(28-14-5-2-6-15-28)34-20-11-21-35-37(34)36-30-16-7-8-17-31(30)40-32-18-9-10-19-33(32)41(35)38(36)40;1-3-12-22(13-4-1)33(23-14-5-2-6-15-23)28-20-11-21-29-31(28)30-24-16-7-8-17-25(24)34-26-18-9-10-19-27(26)35(29)32(30)34/h1-23H;1-25H;1-21H. The van der Waals surface area contributed by atoms with Gasteiger partial charge >= 0.3 is 0 Å². The molecule has 0 N–H and O–H groups in total. The first kappa shape index (κ1) is 65.5. The molecule has 27 rings (SSSR count). The van der Waals surface area contributed by atoms with Gasteiger partial charge in [0.25, 0.3) is 0 Å². The molecule has 17 aromatic carbocycles. The van der Waals surface area contributed by atoms with Gasteiger partial charge in [-0.05, 0) is 198 Å². The van der Waals surface area contributed by atoms with Gasteiger partial charge in [0.15, 0.2) is 11.5 Å². The minimum atomic E-state index is 0.862. The van der Waals surface area contributed by atoms with E-state index in [1.165, 1.54) is 165 Å². The summed E-state index contributed by atoms with van der Waals surface area (Å²) in [6, 6.07) is 150. The first-order valence-corrected chi connectivity index (χ1v) is 40.3. The van der Waals surface area contributed by atoms with Crippen LogP contribution in [0.2, 0.25) is 0 Å². The van der Waals surface area contributed by atoms with E-state index in [0.717, 1.165) is 51.3 Å². The molecule has 552 valence electrons. The van der Waals surface area contributed by atoms with Crippen LogP contribution in [-0.2, 0) is 0 Å². The molecule has 10 heteroatoms. The molecule has 0 unspecified atom stereocenters. The Morgan fingerprint density at radius 2 is 0.483 bits per heavy atom. The second-order valence-corrected chi connectivity index (χ2v) is 30.7. The number of benzene rings is 17. The highest BCUT2D eigenvalue weighted by Gasteiger charge is 2.31. The topological polar surface area (TPSA) is 45.4 Å². The Labute approximate surface area is 676 Å². The Bertz CT molecular complexity index is 8300. The van der Waals surface area contributed by atoms with Gasteiger partial charge in [-0.25, -0.2) is 0 Å². The number of imidazole rings is 3. The molecule has 0 fully saturated rings. The van der Waals surface area contributed by atoms with Gasteiger partial charge < -0.3 is 19.4 Å². The third-order valence-corrected chi connectivity index (χ3v) is 24.5. The molecule has 0 saturated carbocycles. The normalized spacial score (nSPS) is 12.3. The number of rotatable bonds is 9. The molecular formula is C108H69N9O. The zero-order chi connectivity index (χ0) is 77.2. The van der Waals surface area contributed by atoms with Crippen molar-refractivity contribution in [3.05, 3.63) is 419 Å². The molecule has 0 amide bonds. The molecule has 0 saturated heterocycles. The lowest BCUT2D eigenvalue weighted by molar-refractivity contribution is 0.477. The van der Waals surface area contributed by atoms with Crippen molar-refractivity contribution in [3.8, 4) is 33.8 Å². The molecule has 0 atom stereocenters. The quantitative estimate of drug-likeness (QED) is 0.144. The zero-order valence-corrected chi connectivity index (χ0v) is 63.8. The van der Waals surface area contributed by atoms with Crippen LogP contribution in [0.25, 0.3) is 154 Å². The predicted octanol–water partition coefficient (Wildman–Crippen LogP) is 29.1. The van der Waals surface area contributed by atoms with Crippen LogP contribution in [0.4, 0.5) is 51.2 Å². The molecule has 10 heterocycles. The third kappa shape index (κ3) is 9.50. The van der Waals surface area contributed by atoms with E-state index in [2.05, 4.69) is 435 Å². The van der Waals surface area contributed by atoms with Crippen LogP contribution in [0.3, 0.4) is 0 Å². The molecule has 118 heavy (non-hydrogen) atoms. The zero-order valence-electron chi connectivity index (χ0n) is 63.8. The van der Waals surface area contributed by atoms with Crippen molar-refractivity contribution >= 4 is 183 Å². The number of nitrogens with zero attached hydrogens (tertiary/aromatic N) is 9. The summed E-state index contributed by atoms with van der Waals surface area (Å²) in [5.41, 5.74) is 33.5. The van der Waals surface area contributed by atoms with Gasteiger partial charge in [-0.2, -0.15) is 0 Å². The first-order valence-electron chi connectivity index (χ1n) is 40.3. The van der Waals surface area contributed by atoms with Crippen LogP contribution in [0.1, 0.15) is 0 Å². The van der Waals surface area contributed by atoms with E-state index in [9.17, 15) is 0 Å². The Hall–Kier alpha value is -16.0. The monoisotopic (exact) mass is 1510 g/mol. The molecule has 1 aliphatic heterocycles. The lowest BCUT2D eigenvalue weighted by atomic mass is 10.0. The molecule has 0 spiro atoms. The van der Waals surface area contributed by atoms with Crippen LogP contribution >= 0.6 is 0 Å². The van der Waals surface area contributed by atoms with Crippen LogP contribution in [0, 0.1) is 0 Å². The highest BCUT2D eigenvalue weighted by molar-refractivity contribution is 6.30. The van der Waals surface area contributed by atoms with E-state index < -0.39 is 0 Å². The van der Waals surface area contributed by atoms with Crippen molar-refractivity contribution in [2.75, 3.05) is 14.7 Å². The molecule has 0 bridgehead atoms. The fourth-order valence-corrected chi connectivity index (χ4v) is 19.6. The summed E-state index contributed by atoms with van der Waals surface area (Å²) in [4.78, 5) is 7.06. The van der Waals surface area contributed by atoms with Crippen LogP contribution in [0.5, 0.6) is 11.5 Å². The molecule has 1 aliphatic rings. The molecule has 10 nitrogen and oxygen atoms in total. The highest BCUT2D eigenvalue weighted by atomic mass is 16.5. The van der Waals surface area contributed by atoms with Crippen LogP contribution in [0.15, 0.2) is 419 Å². The molecule has 0 radical (unpaired) electrons. The number of anilines is 9. The Morgan fingerprint density at radius 3 is 0.915 bits per heavy atom. The number of fused-ring (bicyclic) bond motifs is 29. The fourth-order valence-electron chi connectivity index (χ4n) is 19.6. The van der Waals surface area contributed by atoms with Gasteiger partial charge in [-0.15, -0.1) is 0 Å². The maximum atomic E-state index is 6.21. The number of ether oxygens (including phenoxy) is 1. The number of para-hydroxylation sites is 16. The van der Waals surface area contributed by atoms with E-state index in [1.807, 2.05) is 24.3 Å². The highest BCUT2D eigenvalue weighted by Crippen LogP contribution is 2.54. The summed E-state index contributed by atoms with van der Waals surface area (Å²) in [6.45, 7) is 0. The summed E-state index contributed by atoms with van der Waals surface area (Å²) in [5.74, 6) is 1.72. The van der Waals surface area contributed by atoms with Crippen molar-refractivity contribution in [1.29, 1.82) is 0 Å². The third-order valence-electron chi connectivity index (χ3n) is 24.5. The van der Waals surface area contributed by atoms with Crippen LogP contribution in [-0.4, -0.2) is 26.4 Å². The second kappa shape index (κ2) is 25.7. The van der Waals surface area contributed by atoms with E-state index in [4.69, 9.17) is 4.74 Å². The van der Waals surface area contributed by atoms with E-state index in [0.29, 0.717) is 0 Å². The van der Waals surface area contributed by atoms with Crippen molar-refractivity contribution in [2.24, 2.45) is 0 Å². The Morgan fingerprint density at radius 1 is 0.186 bits per heavy atom. The SMILES string of the molecule is c1ccc(-c2ccc(N(c3ccccc3)c3cccc4c3c3c5ccccc5n5c6ccccc6n4c35)cc2)cc1.c1ccc(N(c2ccccc2)c2cccc3c2c2c4ccccc4n4c5ccccc5n3c24)cc1.c1ccc2c(c1)Oc1ccccc1N2c1ccc(-c2ccc3c(c2)c2c4ccccc4n4c5ccccc5n3c24)cc1. The van der Waals surface area contributed by atoms with Gasteiger partial charge in [-0.3, -0.25) is 26.4 Å². The molecule has 9 aromatic heterocycles. The minimum absolute atomic E-state index is 0.862. The van der Waals surface area contributed by atoms with E-state index in [-0.39, 0.29) is 0 Å². The number of hydrogen-bond acceptors (Lipinski definition) is 4. The molecule has 0 aliphatic carbocycles. The van der Waals surface area contributed by atoms with Crippen molar-refractivity contribution in [3.63, 3.8) is 0 Å². The maximum Gasteiger partial charge on any atom is 0.151 e. The fraction of sp³-hybridized carbons (Fsp3) is 0. The lowest BCUT2D eigenvalue weighted by Crippen LogP contribution is -2.15. The number of hydrogen-bond donors (Lipinski definition) is 0. The Kier molecular flexibility index (Phi) is 14.3.